The van der Waals surface area contributed by atoms with E-state index in [0.717, 1.165) is 12.3 Å². The van der Waals surface area contributed by atoms with Crippen LogP contribution in [-0.4, -0.2) is 45.1 Å². The average molecular weight is 299 g/mol. The molecule has 0 aliphatic carbocycles. The second-order valence-corrected chi connectivity index (χ2v) is 6.47. The number of benzene rings is 1. The first-order valence-electron chi connectivity index (χ1n) is 5.79. The molecule has 0 spiro atoms. The van der Waals surface area contributed by atoms with Gasteiger partial charge in [0.15, 0.2) is 9.84 Å². The van der Waals surface area contributed by atoms with Crippen molar-refractivity contribution in [1.82, 2.24) is 5.32 Å². The molecule has 108 valence electrons. The van der Waals surface area contributed by atoms with E-state index in [1.54, 1.807) is 4.90 Å². The predicted octanol–water partition coefficient (Wildman–Crippen LogP) is -0.0655. The van der Waals surface area contributed by atoms with Crippen molar-refractivity contribution in [2.75, 3.05) is 30.8 Å². The van der Waals surface area contributed by atoms with Gasteiger partial charge in [0.2, 0.25) is 5.91 Å². The molecule has 1 N–H and O–H groups in total. The van der Waals surface area contributed by atoms with E-state index >= 15 is 0 Å². The molecule has 1 aromatic rings. The molecule has 0 saturated carbocycles. The van der Waals surface area contributed by atoms with E-state index in [1.807, 2.05) is 0 Å². The topological polar surface area (TPSA) is 110 Å². The SMILES string of the molecule is CS(=O)(=O)c1ccc(N2CCNC(=O)C2)c([N+](=O)[O-])c1. The molecular formula is C11H13N3O5S. The lowest BCUT2D eigenvalue weighted by Gasteiger charge is -2.28. The Kier molecular flexibility index (Phi) is 3.62. The van der Waals surface area contributed by atoms with Crippen molar-refractivity contribution in [3.63, 3.8) is 0 Å². The van der Waals surface area contributed by atoms with Crippen LogP contribution < -0.4 is 10.2 Å². The Morgan fingerprint density at radius 1 is 1.40 bits per heavy atom. The number of nitro groups is 1. The summed E-state index contributed by atoms with van der Waals surface area (Å²) in [5.41, 5.74) is -0.0696. The molecule has 0 bridgehead atoms. The monoisotopic (exact) mass is 299 g/mol. The number of carbonyl (C=O) groups is 1. The highest BCUT2D eigenvalue weighted by atomic mass is 32.2. The van der Waals surface area contributed by atoms with Gasteiger partial charge in [-0.25, -0.2) is 8.42 Å². The molecule has 0 radical (unpaired) electrons. The summed E-state index contributed by atoms with van der Waals surface area (Å²) >= 11 is 0. The zero-order chi connectivity index (χ0) is 14.9. The summed E-state index contributed by atoms with van der Waals surface area (Å²) in [7, 11) is -3.52. The molecule has 0 aromatic heterocycles. The van der Waals surface area contributed by atoms with Crippen molar-refractivity contribution < 1.29 is 18.1 Å². The molecule has 9 heteroatoms. The minimum absolute atomic E-state index is 0.0130. The first kappa shape index (κ1) is 14.3. The Balaban J connectivity index is 2.48. The Morgan fingerprint density at radius 2 is 2.10 bits per heavy atom. The van der Waals surface area contributed by atoms with Gasteiger partial charge in [0, 0.05) is 25.4 Å². The Hall–Kier alpha value is -2.16. The van der Waals surface area contributed by atoms with Gasteiger partial charge in [0.1, 0.15) is 5.69 Å². The van der Waals surface area contributed by atoms with Crippen LogP contribution in [0.2, 0.25) is 0 Å². The zero-order valence-corrected chi connectivity index (χ0v) is 11.5. The van der Waals surface area contributed by atoms with E-state index < -0.39 is 14.8 Å². The summed E-state index contributed by atoms with van der Waals surface area (Å²) in [6.45, 7) is 0.841. The first-order valence-corrected chi connectivity index (χ1v) is 7.68. The Bertz CT molecular complexity index is 671. The molecule has 1 aromatic carbocycles. The van der Waals surface area contributed by atoms with Gasteiger partial charge in [-0.3, -0.25) is 14.9 Å². The number of anilines is 1. The van der Waals surface area contributed by atoms with Crippen LogP contribution in [0.15, 0.2) is 23.1 Å². The maximum Gasteiger partial charge on any atom is 0.293 e. The van der Waals surface area contributed by atoms with E-state index in [-0.39, 0.29) is 28.7 Å². The second-order valence-electron chi connectivity index (χ2n) is 4.45. The lowest BCUT2D eigenvalue weighted by molar-refractivity contribution is -0.384. The first-order chi connectivity index (χ1) is 9.29. The number of hydrogen-bond acceptors (Lipinski definition) is 6. The molecule has 20 heavy (non-hydrogen) atoms. The quantitative estimate of drug-likeness (QED) is 0.618. The molecule has 1 saturated heterocycles. The number of carbonyl (C=O) groups excluding carboxylic acids is 1. The molecule has 8 nitrogen and oxygen atoms in total. The van der Waals surface area contributed by atoms with Crippen LogP contribution in [0.3, 0.4) is 0 Å². The summed E-state index contributed by atoms with van der Waals surface area (Å²) in [5.74, 6) is -0.224. The minimum atomic E-state index is -3.52. The van der Waals surface area contributed by atoms with Crippen molar-refractivity contribution in [3.05, 3.63) is 28.3 Å². The molecule has 2 rings (SSSR count). The number of piperazine rings is 1. The third-order valence-corrected chi connectivity index (χ3v) is 4.06. The summed E-state index contributed by atoms with van der Waals surface area (Å²) in [4.78, 5) is 23.2. The Labute approximate surface area is 115 Å². The molecular weight excluding hydrogens is 286 g/mol. The predicted molar refractivity (Wildman–Crippen MR) is 71.4 cm³/mol. The normalized spacial score (nSPS) is 15.8. The molecule has 0 atom stereocenters. The van der Waals surface area contributed by atoms with Gasteiger partial charge in [-0.1, -0.05) is 0 Å². The summed E-state index contributed by atoms with van der Waals surface area (Å²) < 4.78 is 22.9. The largest absolute Gasteiger partial charge is 0.355 e. The second kappa shape index (κ2) is 5.08. The maximum absolute atomic E-state index is 11.4. The van der Waals surface area contributed by atoms with Crippen LogP contribution >= 0.6 is 0 Å². The van der Waals surface area contributed by atoms with E-state index in [1.165, 1.54) is 12.1 Å². The molecule has 1 aliphatic heterocycles. The van der Waals surface area contributed by atoms with Crippen LogP contribution in [0.25, 0.3) is 0 Å². The number of sulfone groups is 1. The number of nitro benzene ring substituents is 1. The highest BCUT2D eigenvalue weighted by Crippen LogP contribution is 2.31. The maximum atomic E-state index is 11.4. The summed E-state index contributed by atoms with van der Waals surface area (Å²) in [6, 6.07) is 3.70. The van der Waals surface area contributed by atoms with Gasteiger partial charge in [-0.2, -0.15) is 0 Å². The van der Waals surface area contributed by atoms with Crippen LogP contribution in [0, 0.1) is 10.1 Å². The fraction of sp³-hybridized carbons (Fsp3) is 0.364. The van der Waals surface area contributed by atoms with Gasteiger partial charge in [-0.05, 0) is 12.1 Å². The van der Waals surface area contributed by atoms with E-state index in [9.17, 15) is 23.3 Å². The zero-order valence-electron chi connectivity index (χ0n) is 10.7. The summed E-state index contributed by atoms with van der Waals surface area (Å²) in [6.07, 6.45) is 0.986. The van der Waals surface area contributed by atoms with Crippen molar-refractivity contribution in [2.24, 2.45) is 0 Å². The van der Waals surface area contributed by atoms with Crippen molar-refractivity contribution in [3.8, 4) is 0 Å². The lowest BCUT2D eigenvalue weighted by atomic mass is 10.2. The van der Waals surface area contributed by atoms with Crippen LogP contribution in [0.1, 0.15) is 0 Å². The highest BCUT2D eigenvalue weighted by Gasteiger charge is 2.25. The van der Waals surface area contributed by atoms with Gasteiger partial charge in [-0.15, -0.1) is 0 Å². The van der Waals surface area contributed by atoms with Gasteiger partial charge in [0.25, 0.3) is 5.69 Å². The van der Waals surface area contributed by atoms with E-state index in [4.69, 9.17) is 0 Å². The van der Waals surface area contributed by atoms with Crippen LogP contribution in [0.5, 0.6) is 0 Å². The van der Waals surface area contributed by atoms with Crippen molar-refractivity contribution in [1.29, 1.82) is 0 Å². The number of nitrogens with one attached hydrogen (secondary N) is 1. The Morgan fingerprint density at radius 3 is 2.65 bits per heavy atom. The fourth-order valence-corrected chi connectivity index (χ4v) is 2.63. The number of rotatable bonds is 3. The van der Waals surface area contributed by atoms with Crippen LogP contribution in [0.4, 0.5) is 11.4 Å². The average Bonchev–Trinajstić information content (AvgIpc) is 2.37. The smallest absolute Gasteiger partial charge is 0.293 e. The molecule has 1 fully saturated rings. The van der Waals surface area contributed by atoms with Gasteiger partial charge < -0.3 is 10.2 Å². The molecule has 1 amide bonds. The highest BCUT2D eigenvalue weighted by molar-refractivity contribution is 7.90. The summed E-state index contributed by atoms with van der Waals surface area (Å²) in [5, 5.41) is 13.7. The van der Waals surface area contributed by atoms with Crippen LogP contribution in [-0.2, 0) is 14.6 Å². The van der Waals surface area contributed by atoms with Gasteiger partial charge >= 0.3 is 0 Å². The third-order valence-electron chi connectivity index (χ3n) is 2.95. The van der Waals surface area contributed by atoms with Crippen molar-refractivity contribution in [2.45, 2.75) is 4.90 Å². The van der Waals surface area contributed by atoms with Gasteiger partial charge in [0.05, 0.1) is 16.4 Å². The molecule has 1 heterocycles. The third kappa shape index (κ3) is 2.87. The molecule has 0 unspecified atom stereocenters. The fourth-order valence-electron chi connectivity index (χ4n) is 1.99. The number of hydrogen-bond donors (Lipinski definition) is 1. The number of amides is 1. The standard InChI is InChI=1S/C11H13N3O5S/c1-20(18,19)8-2-3-9(10(6-8)14(16)17)13-5-4-12-11(15)7-13/h2-3,6H,4-5,7H2,1H3,(H,12,15). The minimum Gasteiger partial charge on any atom is -0.355 e. The molecule has 1 aliphatic rings. The van der Waals surface area contributed by atoms with E-state index in [2.05, 4.69) is 5.32 Å². The van der Waals surface area contributed by atoms with Crippen molar-refractivity contribution >= 4 is 27.1 Å². The number of nitrogens with zero attached hydrogens (tertiary/aromatic N) is 2. The van der Waals surface area contributed by atoms with E-state index in [0.29, 0.717) is 13.1 Å². The lowest BCUT2D eigenvalue weighted by Crippen LogP contribution is -2.47.